The van der Waals surface area contributed by atoms with Crippen molar-refractivity contribution in [3.63, 3.8) is 0 Å². The predicted octanol–water partition coefficient (Wildman–Crippen LogP) is 2.90. The first-order valence-corrected chi connectivity index (χ1v) is 9.23. The van der Waals surface area contributed by atoms with Crippen molar-refractivity contribution >= 4 is 23.7 Å². The van der Waals surface area contributed by atoms with Crippen LogP contribution in [-0.4, -0.2) is 44.2 Å². The molecule has 0 saturated carbocycles. The highest BCUT2D eigenvalue weighted by Gasteiger charge is 2.43. The molecule has 0 bridgehead atoms. The van der Waals surface area contributed by atoms with Crippen LogP contribution in [0.25, 0.3) is 11.3 Å². The molecule has 132 valence electrons. The van der Waals surface area contributed by atoms with Crippen LogP contribution in [0.1, 0.15) is 20.3 Å². The molecule has 1 fully saturated rings. The number of imidazole rings is 1. The molecule has 1 aliphatic rings. The smallest absolute Gasteiger partial charge is 0.324 e. The number of hydrogen-bond donors (Lipinski definition) is 1. The van der Waals surface area contributed by atoms with Crippen molar-refractivity contribution in [2.45, 2.75) is 31.0 Å². The Morgan fingerprint density at radius 3 is 2.56 bits per heavy atom. The van der Waals surface area contributed by atoms with Gasteiger partial charge in [-0.1, -0.05) is 42.1 Å². The van der Waals surface area contributed by atoms with Crippen LogP contribution in [0.3, 0.4) is 0 Å². The van der Waals surface area contributed by atoms with Gasteiger partial charge in [0.25, 0.3) is 5.91 Å². The van der Waals surface area contributed by atoms with Crippen LogP contribution in [0.15, 0.2) is 41.7 Å². The average molecular weight is 358 g/mol. The third-order valence-corrected chi connectivity index (χ3v) is 5.35. The molecule has 0 aliphatic carbocycles. The van der Waals surface area contributed by atoms with Gasteiger partial charge in [-0.05, 0) is 25.8 Å². The lowest BCUT2D eigenvalue weighted by Gasteiger charge is -2.15. The van der Waals surface area contributed by atoms with Gasteiger partial charge >= 0.3 is 6.03 Å². The highest BCUT2D eigenvalue weighted by Crippen LogP contribution is 2.25. The molecular weight excluding hydrogens is 336 g/mol. The minimum Gasteiger partial charge on any atom is -0.324 e. The van der Waals surface area contributed by atoms with E-state index in [2.05, 4.69) is 27.0 Å². The number of benzene rings is 1. The number of nitrogens with one attached hydrogen (secondary N) is 1. The van der Waals surface area contributed by atoms with Crippen LogP contribution in [0.2, 0.25) is 0 Å². The number of rotatable bonds is 6. The number of thioether (sulfide) groups is 1. The number of imide groups is 1. The van der Waals surface area contributed by atoms with Crippen molar-refractivity contribution in [3.8, 4) is 11.3 Å². The molecule has 3 rings (SSSR count). The zero-order chi connectivity index (χ0) is 18.0. The number of nitrogens with zero attached hydrogens (tertiary/aromatic N) is 3. The molecule has 6 nitrogen and oxygen atoms in total. The zero-order valence-corrected chi connectivity index (χ0v) is 15.5. The van der Waals surface area contributed by atoms with Crippen molar-refractivity contribution in [2.75, 3.05) is 12.3 Å². The van der Waals surface area contributed by atoms with E-state index in [9.17, 15) is 9.59 Å². The van der Waals surface area contributed by atoms with Crippen molar-refractivity contribution in [1.82, 2.24) is 19.8 Å². The fraction of sp³-hybridized carbons (Fsp3) is 0.389. The Hall–Kier alpha value is -2.28. The summed E-state index contributed by atoms with van der Waals surface area (Å²) in [6.45, 7) is 3.87. The Labute approximate surface area is 151 Å². The van der Waals surface area contributed by atoms with Crippen molar-refractivity contribution < 1.29 is 9.59 Å². The first kappa shape index (κ1) is 17.5. The molecule has 0 spiro atoms. The van der Waals surface area contributed by atoms with Crippen LogP contribution >= 0.6 is 11.8 Å². The van der Waals surface area contributed by atoms with Gasteiger partial charge in [-0.3, -0.25) is 9.69 Å². The maximum atomic E-state index is 12.1. The van der Waals surface area contributed by atoms with E-state index in [4.69, 9.17) is 0 Å². The molecule has 1 aromatic heterocycles. The summed E-state index contributed by atoms with van der Waals surface area (Å²) in [5.74, 6) is 0.627. The van der Waals surface area contributed by atoms with Gasteiger partial charge in [-0.25, -0.2) is 9.78 Å². The average Bonchev–Trinajstić information content (AvgIpc) is 3.03. The molecule has 1 saturated heterocycles. The number of aromatic nitrogens is 2. The molecule has 1 N–H and O–H groups in total. The number of carbonyl (C=O) groups excluding carboxylic acids is 2. The molecule has 1 aliphatic heterocycles. The van der Waals surface area contributed by atoms with E-state index >= 15 is 0 Å². The third-order valence-electron chi connectivity index (χ3n) is 4.22. The molecule has 3 amide bonds. The summed E-state index contributed by atoms with van der Waals surface area (Å²) in [4.78, 5) is 29.8. The minimum atomic E-state index is -0.797. The monoisotopic (exact) mass is 358 g/mol. The van der Waals surface area contributed by atoms with E-state index in [1.807, 2.05) is 31.4 Å². The molecule has 2 aromatic rings. The lowest BCUT2D eigenvalue weighted by Crippen LogP contribution is -2.40. The van der Waals surface area contributed by atoms with E-state index in [1.165, 1.54) is 4.90 Å². The highest BCUT2D eigenvalue weighted by molar-refractivity contribution is 7.99. The van der Waals surface area contributed by atoms with E-state index < -0.39 is 5.54 Å². The number of hydrogen-bond acceptors (Lipinski definition) is 4. The minimum absolute atomic E-state index is 0.161. The Morgan fingerprint density at radius 1 is 1.20 bits per heavy atom. The lowest BCUT2D eigenvalue weighted by atomic mass is 10.1. The van der Waals surface area contributed by atoms with Gasteiger partial charge in [0.05, 0.1) is 11.9 Å². The Bertz CT molecular complexity index is 786. The van der Waals surface area contributed by atoms with Crippen molar-refractivity contribution in [1.29, 1.82) is 0 Å². The predicted molar refractivity (Wildman–Crippen MR) is 98.3 cm³/mol. The van der Waals surface area contributed by atoms with Gasteiger partial charge < -0.3 is 9.88 Å². The Balaban J connectivity index is 1.55. The third kappa shape index (κ3) is 3.56. The van der Waals surface area contributed by atoms with Crippen LogP contribution in [0.5, 0.6) is 0 Å². The van der Waals surface area contributed by atoms with Crippen LogP contribution < -0.4 is 5.32 Å². The molecule has 25 heavy (non-hydrogen) atoms. The summed E-state index contributed by atoms with van der Waals surface area (Å²) < 4.78 is 2.07. The second kappa shape index (κ2) is 6.92. The van der Waals surface area contributed by atoms with Gasteiger partial charge in [0, 0.05) is 19.3 Å². The van der Waals surface area contributed by atoms with E-state index in [0.29, 0.717) is 6.54 Å². The molecule has 2 heterocycles. The summed E-state index contributed by atoms with van der Waals surface area (Å²) in [5, 5.41) is 3.62. The van der Waals surface area contributed by atoms with Gasteiger partial charge in [0.1, 0.15) is 5.54 Å². The standard InChI is InChI=1S/C18H22N4O2S/c1-18(2)15(23)22(16(24)20-18)10-7-11-25-17-19-12-14(21(17)3)13-8-5-4-6-9-13/h4-6,8-9,12H,7,10-11H2,1-3H3,(H,20,24). The summed E-state index contributed by atoms with van der Waals surface area (Å²) in [6.07, 6.45) is 2.60. The van der Waals surface area contributed by atoms with Gasteiger partial charge in [0.2, 0.25) is 0 Å². The first-order valence-electron chi connectivity index (χ1n) is 8.24. The van der Waals surface area contributed by atoms with E-state index in [1.54, 1.807) is 25.6 Å². The number of urea groups is 1. The van der Waals surface area contributed by atoms with Gasteiger partial charge in [0.15, 0.2) is 5.16 Å². The SMILES string of the molecule is Cn1c(-c2ccccc2)cnc1SCCCN1C(=O)NC(C)(C)C1=O. The van der Waals surface area contributed by atoms with Crippen molar-refractivity contribution in [2.24, 2.45) is 7.05 Å². The van der Waals surface area contributed by atoms with E-state index in [0.717, 1.165) is 28.6 Å². The summed E-state index contributed by atoms with van der Waals surface area (Å²) in [6, 6.07) is 9.83. The van der Waals surface area contributed by atoms with Crippen LogP contribution in [0, 0.1) is 0 Å². The zero-order valence-electron chi connectivity index (χ0n) is 14.7. The summed E-state index contributed by atoms with van der Waals surface area (Å²) >= 11 is 1.63. The molecule has 7 heteroatoms. The Morgan fingerprint density at radius 2 is 1.92 bits per heavy atom. The van der Waals surface area contributed by atoms with Gasteiger partial charge in [-0.15, -0.1) is 0 Å². The number of amides is 3. The molecule has 0 radical (unpaired) electrons. The van der Waals surface area contributed by atoms with Crippen LogP contribution in [0.4, 0.5) is 4.79 Å². The highest BCUT2D eigenvalue weighted by atomic mass is 32.2. The second-order valence-corrected chi connectivity index (χ2v) is 7.63. The fourth-order valence-corrected chi connectivity index (χ4v) is 3.69. The summed E-state index contributed by atoms with van der Waals surface area (Å²) in [5.41, 5.74) is 1.40. The molecule has 1 aromatic carbocycles. The number of carbonyl (C=O) groups is 2. The maximum absolute atomic E-state index is 12.1. The normalized spacial score (nSPS) is 16.4. The lowest BCUT2D eigenvalue weighted by molar-refractivity contribution is -0.130. The van der Waals surface area contributed by atoms with Crippen LogP contribution in [-0.2, 0) is 11.8 Å². The topological polar surface area (TPSA) is 67.2 Å². The summed E-state index contributed by atoms with van der Waals surface area (Å²) in [7, 11) is 2.00. The second-order valence-electron chi connectivity index (χ2n) is 6.57. The van der Waals surface area contributed by atoms with E-state index in [-0.39, 0.29) is 11.9 Å². The first-order chi connectivity index (χ1) is 11.9. The molecule has 0 unspecified atom stereocenters. The Kier molecular flexibility index (Phi) is 4.85. The molecule has 0 atom stereocenters. The molecular formula is C18H22N4O2S. The maximum Gasteiger partial charge on any atom is 0.325 e. The quantitative estimate of drug-likeness (QED) is 0.490. The fourth-order valence-electron chi connectivity index (χ4n) is 2.81. The van der Waals surface area contributed by atoms with Crippen molar-refractivity contribution in [3.05, 3.63) is 36.5 Å². The largest absolute Gasteiger partial charge is 0.325 e. The van der Waals surface area contributed by atoms with Gasteiger partial charge in [-0.2, -0.15) is 0 Å².